The summed E-state index contributed by atoms with van der Waals surface area (Å²) in [6.45, 7) is 6.75. The fourth-order valence-corrected chi connectivity index (χ4v) is 2.90. The molecule has 1 amide bonds. The van der Waals surface area contributed by atoms with Gasteiger partial charge in [0, 0.05) is 16.8 Å². The third-order valence-electron chi connectivity index (χ3n) is 2.40. The van der Waals surface area contributed by atoms with Gasteiger partial charge >= 0.3 is 0 Å². The van der Waals surface area contributed by atoms with E-state index in [1.165, 1.54) is 11.3 Å². The Hall–Kier alpha value is -1.46. The predicted molar refractivity (Wildman–Crippen MR) is 76.1 cm³/mol. The van der Waals surface area contributed by atoms with Crippen molar-refractivity contribution in [3.63, 3.8) is 0 Å². The largest absolute Gasteiger partial charge is 0.328 e. The minimum absolute atomic E-state index is 0.0346. The van der Waals surface area contributed by atoms with Crippen LogP contribution >= 0.6 is 22.7 Å². The van der Waals surface area contributed by atoms with Crippen LogP contribution < -0.4 is 0 Å². The summed E-state index contributed by atoms with van der Waals surface area (Å²) in [5, 5.41) is 4.73. The van der Waals surface area contributed by atoms with E-state index in [1.807, 2.05) is 29.8 Å². The van der Waals surface area contributed by atoms with Crippen molar-refractivity contribution in [2.75, 3.05) is 6.54 Å². The Morgan fingerprint density at radius 2 is 2.39 bits per heavy atom. The first-order chi connectivity index (χ1) is 8.70. The number of nitrogens with zero attached hydrogens (tertiary/aromatic N) is 2. The molecule has 0 aliphatic rings. The summed E-state index contributed by atoms with van der Waals surface area (Å²) in [5.74, 6) is -0.0346. The Labute approximate surface area is 114 Å². The van der Waals surface area contributed by atoms with Gasteiger partial charge in [-0.2, -0.15) is 0 Å². The smallest absolute Gasteiger partial charge is 0.273 e. The highest BCUT2D eigenvalue weighted by Gasteiger charge is 2.17. The molecule has 0 atom stereocenters. The van der Waals surface area contributed by atoms with E-state index in [9.17, 15) is 4.79 Å². The molecule has 0 radical (unpaired) electrons. The molecule has 18 heavy (non-hydrogen) atoms. The van der Waals surface area contributed by atoms with Gasteiger partial charge in [-0.15, -0.1) is 29.3 Å². The molecule has 0 saturated heterocycles. The van der Waals surface area contributed by atoms with Gasteiger partial charge in [0.2, 0.25) is 0 Å². The monoisotopic (exact) mass is 278 g/mol. The first kappa shape index (κ1) is 13.0. The van der Waals surface area contributed by atoms with Crippen LogP contribution in [0.1, 0.15) is 20.4 Å². The maximum atomic E-state index is 12.3. The van der Waals surface area contributed by atoms with E-state index in [1.54, 1.807) is 22.3 Å². The van der Waals surface area contributed by atoms with E-state index < -0.39 is 0 Å². The Morgan fingerprint density at radius 3 is 2.94 bits per heavy atom. The molecule has 0 aliphatic carbocycles. The lowest BCUT2D eigenvalue weighted by atomic mass is 10.3. The highest BCUT2D eigenvalue weighted by molar-refractivity contribution is 7.10. The van der Waals surface area contributed by atoms with Crippen molar-refractivity contribution < 1.29 is 4.79 Å². The number of amides is 1. The molecule has 0 aliphatic heterocycles. The van der Waals surface area contributed by atoms with Crippen LogP contribution in [0.2, 0.25) is 0 Å². The van der Waals surface area contributed by atoms with Crippen molar-refractivity contribution in [2.24, 2.45) is 0 Å². The lowest BCUT2D eigenvalue weighted by Crippen LogP contribution is -2.30. The van der Waals surface area contributed by atoms with Gasteiger partial charge in [-0.3, -0.25) is 4.79 Å². The molecule has 2 heterocycles. The molecule has 0 bridgehead atoms. The maximum absolute atomic E-state index is 12.3. The highest BCUT2D eigenvalue weighted by Crippen LogP contribution is 2.15. The average molecular weight is 278 g/mol. The number of hydrogen-bond acceptors (Lipinski definition) is 4. The summed E-state index contributed by atoms with van der Waals surface area (Å²) < 4.78 is 0. The van der Waals surface area contributed by atoms with Crippen LogP contribution in [0.4, 0.5) is 0 Å². The van der Waals surface area contributed by atoms with Crippen LogP contribution in [0.15, 0.2) is 35.5 Å². The van der Waals surface area contributed by atoms with Crippen LogP contribution in [-0.4, -0.2) is 22.3 Å². The molecular formula is C13H14N2OS2. The van der Waals surface area contributed by atoms with Crippen molar-refractivity contribution in [3.8, 4) is 0 Å². The van der Waals surface area contributed by atoms with Gasteiger partial charge in [0.15, 0.2) is 0 Å². The summed E-state index contributed by atoms with van der Waals surface area (Å²) >= 11 is 3.14. The lowest BCUT2D eigenvalue weighted by Gasteiger charge is -2.19. The van der Waals surface area contributed by atoms with Gasteiger partial charge in [-0.25, -0.2) is 4.98 Å². The SMILES string of the molecule is C=CCN(Cc1cccs1)C(=O)c1csc(C)n1. The van der Waals surface area contributed by atoms with Gasteiger partial charge in [0.1, 0.15) is 5.69 Å². The van der Waals surface area contributed by atoms with Gasteiger partial charge < -0.3 is 4.90 Å². The molecule has 94 valence electrons. The van der Waals surface area contributed by atoms with E-state index in [0.29, 0.717) is 18.8 Å². The second-order valence-electron chi connectivity index (χ2n) is 3.81. The molecule has 0 aromatic carbocycles. The number of hydrogen-bond donors (Lipinski definition) is 0. The van der Waals surface area contributed by atoms with E-state index in [4.69, 9.17) is 0 Å². The van der Waals surface area contributed by atoms with Crippen LogP contribution in [0.3, 0.4) is 0 Å². The highest BCUT2D eigenvalue weighted by atomic mass is 32.1. The summed E-state index contributed by atoms with van der Waals surface area (Å²) in [6, 6.07) is 4.02. The number of rotatable bonds is 5. The number of thiophene rings is 1. The number of aromatic nitrogens is 1. The van der Waals surface area contributed by atoms with Gasteiger partial charge in [0.05, 0.1) is 11.6 Å². The molecule has 0 saturated carbocycles. The quantitative estimate of drug-likeness (QED) is 0.786. The number of carbonyl (C=O) groups is 1. The molecule has 5 heteroatoms. The Morgan fingerprint density at radius 1 is 1.56 bits per heavy atom. The third kappa shape index (κ3) is 3.05. The molecule has 0 unspecified atom stereocenters. The molecule has 0 fully saturated rings. The lowest BCUT2D eigenvalue weighted by molar-refractivity contribution is 0.0759. The third-order valence-corrected chi connectivity index (χ3v) is 4.04. The second-order valence-corrected chi connectivity index (χ2v) is 5.90. The molecule has 2 rings (SSSR count). The Kier molecular flexibility index (Phi) is 4.28. The topological polar surface area (TPSA) is 33.2 Å². The van der Waals surface area contributed by atoms with Crippen molar-refractivity contribution >= 4 is 28.6 Å². The Bertz CT molecular complexity index is 531. The molecule has 2 aromatic heterocycles. The van der Waals surface area contributed by atoms with Crippen molar-refractivity contribution in [1.29, 1.82) is 0 Å². The summed E-state index contributed by atoms with van der Waals surface area (Å²) in [4.78, 5) is 19.5. The Balaban J connectivity index is 2.14. The normalized spacial score (nSPS) is 10.3. The van der Waals surface area contributed by atoms with Crippen LogP contribution in [-0.2, 0) is 6.54 Å². The van der Waals surface area contributed by atoms with E-state index in [0.717, 1.165) is 9.88 Å². The zero-order valence-corrected chi connectivity index (χ0v) is 11.8. The average Bonchev–Trinajstić information content (AvgIpc) is 2.99. The van der Waals surface area contributed by atoms with Crippen molar-refractivity contribution in [3.05, 3.63) is 51.1 Å². The number of aryl methyl sites for hydroxylation is 1. The zero-order chi connectivity index (χ0) is 13.0. The van der Waals surface area contributed by atoms with Gasteiger partial charge in [0.25, 0.3) is 5.91 Å². The minimum Gasteiger partial charge on any atom is -0.328 e. The first-order valence-corrected chi connectivity index (χ1v) is 7.31. The fraction of sp³-hybridized carbons (Fsp3) is 0.231. The van der Waals surface area contributed by atoms with Crippen LogP contribution in [0.25, 0.3) is 0 Å². The second kappa shape index (κ2) is 5.93. The van der Waals surface area contributed by atoms with Crippen molar-refractivity contribution in [2.45, 2.75) is 13.5 Å². The van der Waals surface area contributed by atoms with E-state index in [-0.39, 0.29) is 5.91 Å². The summed E-state index contributed by atoms with van der Waals surface area (Å²) in [5.41, 5.74) is 0.524. The van der Waals surface area contributed by atoms with Crippen LogP contribution in [0.5, 0.6) is 0 Å². The van der Waals surface area contributed by atoms with E-state index >= 15 is 0 Å². The zero-order valence-electron chi connectivity index (χ0n) is 10.1. The predicted octanol–water partition coefficient (Wildman–Crippen LogP) is 3.34. The standard InChI is InChI=1S/C13H14N2OS2/c1-3-6-15(8-11-5-4-7-17-11)13(16)12-9-18-10(2)14-12/h3-5,7,9H,1,6,8H2,2H3. The maximum Gasteiger partial charge on any atom is 0.273 e. The first-order valence-electron chi connectivity index (χ1n) is 5.55. The molecule has 2 aromatic rings. The summed E-state index contributed by atoms with van der Waals surface area (Å²) in [6.07, 6.45) is 1.74. The fourth-order valence-electron chi connectivity index (χ4n) is 1.59. The van der Waals surface area contributed by atoms with E-state index in [2.05, 4.69) is 11.6 Å². The van der Waals surface area contributed by atoms with Gasteiger partial charge in [-0.1, -0.05) is 12.1 Å². The molecule has 0 spiro atoms. The number of carbonyl (C=O) groups excluding carboxylic acids is 1. The molecule has 3 nitrogen and oxygen atoms in total. The minimum atomic E-state index is -0.0346. The van der Waals surface area contributed by atoms with Crippen molar-refractivity contribution in [1.82, 2.24) is 9.88 Å². The van der Waals surface area contributed by atoms with Crippen LogP contribution in [0, 0.1) is 6.92 Å². The molecule has 0 N–H and O–H groups in total. The van der Waals surface area contributed by atoms with Gasteiger partial charge in [-0.05, 0) is 18.4 Å². The summed E-state index contributed by atoms with van der Waals surface area (Å²) in [7, 11) is 0. The number of thiazole rings is 1. The molecular weight excluding hydrogens is 264 g/mol.